The van der Waals surface area contributed by atoms with E-state index in [-0.39, 0.29) is 11.8 Å². The van der Waals surface area contributed by atoms with Crippen LogP contribution in [-0.4, -0.2) is 19.7 Å². The van der Waals surface area contributed by atoms with Gasteiger partial charge in [-0.3, -0.25) is 0 Å². The zero-order chi connectivity index (χ0) is 15.1. The van der Waals surface area contributed by atoms with E-state index in [0.717, 1.165) is 5.56 Å². The first-order valence-electron chi connectivity index (χ1n) is 6.58. The van der Waals surface area contributed by atoms with Crippen molar-refractivity contribution in [1.29, 1.82) is 0 Å². The Labute approximate surface area is 122 Å². The van der Waals surface area contributed by atoms with Gasteiger partial charge in [0.05, 0.1) is 11.8 Å². The summed E-state index contributed by atoms with van der Waals surface area (Å²) in [5.74, 6) is -0.473. The highest BCUT2D eigenvalue weighted by Gasteiger charge is 2.12. The highest BCUT2D eigenvalue weighted by molar-refractivity contribution is 5.89. The molecule has 1 atom stereocenters. The Kier molecular flexibility index (Phi) is 5.29. The maximum Gasteiger partial charge on any atom is 0.319 e. The van der Waals surface area contributed by atoms with E-state index in [4.69, 9.17) is 4.74 Å². The van der Waals surface area contributed by atoms with Crippen LogP contribution in [0.5, 0.6) is 0 Å². The summed E-state index contributed by atoms with van der Waals surface area (Å²) < 4.78 is 18.8. The van der Waals surface area contributed by atoms with Crippen molar-refractivity contribution in [3.05, 3.63) is 66.0 Å². The molecule has 0 saturated carbocycles. The molecule has 0 aliphatic rings. The molecule has 21 heavy (non-hydrogen) atoms. The number of anilines is 1. The van der Waals surface area contributed by atoms with Crippen LogP contribution in [0.15, 0.2) is 54.6 Å². The number of benzene rings is 2. The van der Waals surface area contributed by atoms with E-state index in [9.17, 15) is 9.18 Å². The van der Waals surface area contributed by atoms with Gasteiger partial charge in [-0.05, 0) is 17.7 Å². The summed E-state index contributed by atoms with van der Waals surface area (Å²) in [7, 11) is 1.58. The van der Waals surface area contributed by atoms with E-state index in [1.807, 2.05) is 30.3 Å². The minimum Gasteiger partial charge on any atom is -0.375 e. The largest absolute Gasteiger partial charge is 0.375 e. The molecule has 2 N–H and O–H groups in total. The van der Waals surface area contributed by atoms with Crippen LogP contribution in [0.4, 0.5) is 14.9 Å². The first kappa shape index (κ1) is 15.0. The lowest BCUT2D eigenvalue weighted by molar-refractivity contribution is 0.104. The number of methoxy groups -OCH3 is 1. The average molecular weight is 288 g/mol. The Morgan fingerprint density at radius 2 is 1.81 bits per heavy atom. The van der Waals surface area contributed by atoms with Crippen LogP contribution in [0, 0.1) is 5.82 Å². The van der Waals surface area contributed by atoms with Crippen molar-refractivity contribution in [3.8, 4) is 0 Å². The fourth-order valence-electron chi connectivity index (χ4n) is 1.92. The fourth-order valence-corrected chi connectivity index (χ4v) is 1.92. The lowest BCUT2D eigenvalue weighted by Crippen LogP contribution is -2.33. The lowest BCUT2D eigenvalue weighted by Gasteiger charge is -2.17. The van der Waals surface area contributed by atoms with Crippen LogP contribution in [0.1, 0.15) is 11.7 Å². The number of carbonyl (C=O) groups excluding carboxylic acids is 1. The Hall–Kier alpha value is -2.40. The minimum atomic E-state index is -0.474. The molecule has 0 aliphatic carbocycles. The summed E-state index contributed by atoms with van der Waals surface area (Å²) >= 11 is 0. The van der Waals surface area contributed by atoms with Gasteiger partial charge in [-0.1, -0.05) is 42.5 Å². The third kappa shape index (κ3) is 4.29. The van der Waals surface area contributed by atoms with E-state index in [1.54, 1.807) is 19.2 Å². The Bertz CT molecular complexity index is 590. The van der Waals surface area contributed by atoms with Crippen LogP contribution in [-0.2, 0) is 4.74 Å². The van der Waals surface area contributed by atoms with E-state index in [0.29, 0.717) is 6.54 Å². The normalized spacial score (nSPS) is 11.7. The predicted molar refractivity (Wildman–Crippen MR) is 79.6 cm³/mol. The molecule has 0 aromatic heterocycles. The minimum absolute atomic E-state index is 0.142. The predicted octanol–water partition coefficient (Wildman–Crippen LogP) is 3.33. The zero-order valence-electron chi connectivity index (χ0n) is 11.7. The standard InChI is InChI=1S/C16H17FN2O2/c1-21-15(12-7-3-2-4-8-12)11-18-16(20)19-14-10-6-5-9-13(14)17/h2-10,15H,11H2,1H3,(H2,18,19,20). The van der Waals surface area contributed by atoms with Crippen LogP contribution in [0.2, 0.25) is 0 Å². The third-order valence-electron chi connectivity index (χ3n) is 3.03. The first-order chi connectivity index (χ1) is 10.2. The van der Waals surface area contributed by atoms with Gasteiger partial charge in [0.2, 0.25) is 0 Å². The number of halogens is 1. The summed E-state index contributed by atoms with van der Waals surface area (Å²) in [6.07, 6.45) is -0.252. The highest BCUT2D eigenvalue weighted by atomic mass is 19.1. The number of amides is 2. The van der Waals surface area contributed by atoms with Gasteiger partial charge in [0.15, 0.2) is 0 Å². The van der Waals surface area contributed by atoms with Gasteiger partial charge < -0.3 is 15.4 Å². The first-order valence-corrected chi connectivity index (χ1v) is 6.58. The number of hydrogen-bond donors (Lipinski definition) is 2. The molecular weight excluding hydrogens is 271 g/mol. The molecule has 2 rings (SSSR count). The smallest absolute Gasteiger partial charge is 0.319 e. The van der Waals surface area contributed by atoms with E-state index in [2.05, 4.69) is 10.6 Å². The molecule has 110 valence electrons. The number of ether oxygens (including phenoxy) is 1. The average Bonchev–Trinajstić information content (AvgIpc) is 2.51. The van der Waals surface area contributed by atoms with Crippen molar-refractivity contribution in [2.75, 3.05) is 19.0 Å². The summed E-state index contributed by atoms with van der Waals surface area (Å²) in [6.45, 7) is 0.292. The van der Waals surface area contributed by atoms with Gasteiger partial charge in [0.25, 0.3) is 0 Å². The second-order valence-corrected chi connectivity index (χ2v) is 4.45. The van der Waals surface area contributed by atoms with Crippen molar-refractivity contribution in [2.45, 2.75) is 6.10 Å². The van der Waals surface area contributed by atoms with Crippen molar-refractivity contribution in [1.82, 2.24) is 5.32 Å². The van der Waals surface area contributed by atoms with E-state index >= 15 is 0 Å². The molecule has 0 fully saturated rings. The van der Waals surface area contributed by atoms with Crippen molar-refractivity contribution < 1.29 is 13.9 Å². The molecule has 2 aromatic carbocycles. The van der Waals surface area contributed by atoms with Gasteiger partial charge in [-0.15, -0.1) is 0 Å². The topological polar surface area (TPSA) is 50.4 Å². The Morgan fingerprint density at radius 1 is 1.14 bits per heavy atom. The molecule has 0 aliphatic heterocycles. The monoisotopic (exact) mass is 288 g/mol. The number of carbonyl (C=O) groups is 1. The molecule has 5 heteroatoms. The van der Waals surface area contributed by atoms with Crippen LogP contribution < -0.4 is 10.6 Å². The molecule has 4 nitrogen and oxygen atoms in total. The second kappa shape index (κ2) is 7.40. The van der Waals surface area contributed by atoms with Gasteiger partial charge in [-0.25, -0.2) is 9.18 Å². The number of para-hydroxylation sites is 1. The number of hydrogen-bond acceptors (Lipinski definition) is 2. The maximum atomic E-state index is 13.4. The molecule has 2 amide bonds. The van der Waals surface area contributed by atoms with Crippen LogP contribution >= 0.6 is 0 Å². The third-order valence-corrected chi connectivity index (χ3v) is 3.03. The van der Waals surface area contributed by atoms with Crippen molar-refractivity contribution >= 4 is 11.7 Å². The summed E-state index contributed by atoms with van der Waals surface area (Å²) in [6, 6.07) is 15.1. The van der Waals surface area contributed by atoms with Crippen molar-refractivity contribution in [3.63, 3.8) is 0 Å². The van der Waals surface area contributed by atoms with Gasteiger partial charge >= 0.3 is 6.03 Å². The van der Waals surface area contributed by atoms with E-state index < -0.39 is 11.8 Å². The molecule has 0 bridgehead atoms. The lowest BCUT2D eigenvalue weighted by atomic mass is 10.1. The van der Waals surface area contributed by atoms with Crippen LogP contribution in [0.3, 0.4) is 0 Å². The zero-order valence-corrected chi connectivity index (χ0v) is 11.7. The molecule has 0 radical (unpaired) electrons. The van der Waals surface area contributed by atoms with E-state index in [1.165, 1.54) is 12.1 Å². The Morgan fingerprint density at radius 3 is 2.48 bits per heavy atom. The summed E-state index contributed by atoms with van der Waals surface area (Å²) in [5.41, 5.74) is 1.11. The highest BCUT2D eigenvalue weighted by Crippen LogP contribution is 2.15. The molecule has 2 aromatic rings. The fraction of sp³-hybridized carbons (Fsp3) is 0.188. The number of nitrogens with one attached hydrogen (secondary N) is 2. The molecule has 0 saturated heterocycles. The van der Waals surface area contributed by atoms with Gasteiger partial charge in [0.1, 0.15) is 5.82 Å². The second-order valence-electron chi connectivity index (χ2n) is 4.45. The molecular formula is C16H17FN2O2. The molecule has 0 spiro atoms. The number of rotatable bonds is 5. The summed E-state index contributed by atoms with van der Waals surface area (Å²) in [5, 5.41) is 5.13. The number of urea groups is 1. The van der Waals surface area contributed by atoms with Crippen molar-refractivity contribution in [2.24, 2.45) is 0 Å². The van der Waals surface area contributed by atoms with Gasteiger partial charge in [0, 0.05) is 13.7 Å². The molecule has 0 heterocycles. The Balaban J connectivity index is 1.90. The quantitative estimate of drug-likeness (QED) is 0.886. The maximum absolute atomic E-state index is 13.4. The summed E-state index contributed by atoms with van der Waals surface area (Å²) in [4.78, 5) is 11.8. The molecule has 1 unspecified atom stereocenters. The van der Waals surface area contributed by atoms with Gasteiger partial charge in [-0.2, -0.15) is 0 Å². The SMILES string of the molecule is COC(CNC(=O)Nc1ccccc1F)c1ccccc1. The van der Waals surface area contributed by atoms with Crippen LogP contribution in [0.25, 0.3) is 0 Å².